The van der Waals surface area contributed by atoms with Crippen molar-refractivity contribution in [3.63, 3.8) is 0 Å². The molecule has 0 aromatic heterocycles. The second kappa shape index (κ2) is 5.64. The first-order chi connectivity index (χ1) is 7.52. The first-order valence-electron chi connectivity index (χ1n) is 6.22. The molecule has 4 nitrogen and oxygen atoms in total. The summed E-state index contributed by atoms with van der Waals surface area (Å²) in [5, 5.41) is 0. The minimum absolute atomic E-state index is 0.0992. The fraction of sp³-hybridized carbons (Fsp3) is 0.917. The monoisotopic (exact) mass is 227 g/mol. The summed E-state index contributed by atoms with van der Waals surface area (Å²) in [6.45, 7) is 3.27. The fourth-order valence-electron chi connectivity index (χ4n) is 2.65. The molecule has 1 aliphatic rings. The van der Waals surface area contributed by atoms with E-state index in [0.29, 0.717) is 13.1 Å². The Bertz CT molecular complexity index is 236. The lowest BCUT2D eigenvalue weighted by molar-refractivity contribution is -0.122. The predicted molar refractivity (Wildman–Crippen MR) is 65.9 cm³/mol. The maximum absolute atomic E-state index is 11.1. The van der Waals surface area contributed by atoms with Gasteiger partial charge in [-0.25, -0.2) is 0 Å². The van der Waals surface area contributed by atoms with Gasteiger partial charge in [0.2, 0.25) is 5.91 Å². The minimum Gasteiger partial charge on any atom is -0.369 e. The van der Waals surface area contributed by atoms with Crippen LogP contribution in [0.1, 0.15) is 39.0 Å². The van der Waals surface area contributed by atoms with E-state index in [1.54, 1.807) is 0 Å². The van der Waals surface area contributed by atoms with E-state index in [1.165, 1.54) is 19.3 Å². The molecule has 1 aliphatic carbocycles. The van der Waals surface area contributed by atoms with E-state index in [9.17, 15) is 4.79 Å². The van der Waals surface area contributed by atoms with Gasteiger partial charge in [0.05, 0.1) is 0 Å². The Morgan fingerprint density at radius 3 is 2.38 bits per heavy atom. The first kappa shape index (κ1) is 13.5. The molecule has 4 N–H and O–H groups in total. The molecule has 1 unspecified atom stereocenters. The van der Waals surface area contributed by atoms with Crippen molar-refractivity contribution in [1.29, 1.82) is 0 Å². The standard InChI is InChI=1S/C12H25N3O/c1-10(11(14)16)8-15(2)12(9-13)6-4-3-5-7-12/h10H,3-9,13H2,1-2H3,(H2,14,16). The summed E-state index contributed by atoms with van der Waals surface area (Å²) in [5.74, 6) is -0.329. The summed E-state index contributed by atoms with van der Waals surface area (Å²) in [6, 6.07) is 0. The number of hydrogen-bond acceptors (Lipinski definition) is 3. The van der Waals surface area contributed by atoms with Crippen LogP contribution in [0.4, 0.5) is 0 Å². The van der Waals surface area contributed by atoms with E-state index in [0.717, 1.165) is 12.8 Å². The van der Waals surface area contributed by atoms with E-state index in [-0.39, 0.29) is 17.4 Å². The fourth-order valence-corrected chi connectivity index (χ4v) is 2.65. The van der Waals surface area contributed by atoms with Crippen molar-refractivity contribution >= 4 is 5.91 Å². The van der Waals surface area contributed by atoms with Gasteiger partial charge >= 0.3 is 0 Å². The zero-order valence-electron chi connectivity index (χ0n) is 10.5. The highest BCUT2D eigenvalue weighted by Crippen LogP contribution is 2.32. The van der Waals surface area contributed by atoms with Crippen molar-refractivity contribution < 1.29 is 4.79 Å². The molecule has 0 heterocycles. The molecule has 1 rings (SSSR count). The maximum Gasteiger partial charge on any atom is 0.221 e. The molecule has 4 heteroatoms. The SMILES string of the molecule is CC(CN(C)C1(CN)CCCCC1)C(N)=O. The van der Waals surface area contributed by atoms with Crippen LogP contribution in [-0.4, -0.2) is 36.5 Å². The maximum atomic E-state index is 11.1. The molecule has 0 bridgehead atoms. The highest BCUT2D eigenvalue weighted by Gasteiger charge is 2.35. The van der Waals surface area contributed by atoms with Crippen LogP contribution in [-0.2, 0) is 4.79 Å². The van der Waals surface area contributed by atoms with Crippen LogP contribution in [0.5, 0.6) is 0 Å². The molecule has 94 valence electrons. The molecule has 0 aromatic rings. The van der Waals surface area contributed by atoms with Crippen LogP contribution in [0, 0.1) is 5.92 Å². The highest BCUT2D eigenvalue weighted by atomic mass is 16.1. The third kappa shape index (κ3) is 2.95. The van der Waals surface area contributed by atoms with Crippen molar-refractivity contribution in [2.75, 3.05) is 20.1 Å². The van der Waals surface area contributed by atoms with Gasteiger partial charge in [-0.2, -0.15) is 0 Å². The van der Waals surface area contributed by atoms with E-state index < -0.39 is 0 Å². The number of primary amides is 1. The molecular weight excluding hydrogens is 202 g/mol. The lowest BCUT2D eigenvalue weighted by Gasteiger charge is -2.44. The summed E-state index contributed by atoms with van der Waals surface area (Å²) in [7, 11) is 2.07. The molecule has 1 saturated carbocycles. The van der Waals surface area contributed by atoms with Crippen LogP contribution in [0.3, 0.4) is 0 Å². The van der Waals surface area contributed by atoms with Gasteiger partial charge in [0.15, 0.2) is 0 Å². The number of amides is 1. The van der Waals surface area contributed by atoms with Gasteiger partial charge in [0.1, 0.15) is 0 Å². The minimum atomic E-state index is -0.227. The van der Waals surface area contributed by atoms with Gasteiger partial charge in [0.25, 0.3) is 0 Å². The van der Waals surface area contributed by atoms with Crippen LogP contribution < -0.4 is 11.5 Å². The van der Waals surface area contributed by atoms with Gasteiger partial charge < -0.3 is 11.5 Å². The number of likely N-dealkylation sites (N-methyl/N-ethyl adjacent to an activating group) is 1. The Hall–Kier alpha value is -0.610. The van der Waals surface area contributed by atoms with Gasteiger partial charge in [0, 0.05) is 24.5 Å². The largest absolute Gasteiger partial charge is 0.369 e. The van der Waals surface area contributed by atoms with Gasteiger partial charge in [-0.1, -0.05) is 26.2 Å². The summed E-state index contributed by atoms with van der Waals surface area (Å²) in [4.78, 5) is 13.3. The molecule has 0 saturated heterocycles. The molecule has 0 radical (unpaired) electrons. The van der Waals surface area contributed by atoms with Crippen molar-refractivity contribution in [2.24, 2.45) is 17.4 Å². The highest BCUT2D eigenvalue weighted by molar-refractivity contribution is 5.76. The van der Waals surface area contributed by atoms with Crippen molar-refractivity contribution in [2.45, 2.75) is 44.6 Å². The number of rotatable bonds is 5. The van der Waals surface area contributed by atoms with E-state index in [2.05, 4.69) is 11.9 Å². The van der Waals surface area contributed by atoms with Gasteiger partial charge in [-0.05, 0) is 19.9 Å². The van der Waals surface area contributed by atoms with E-state index in [4.69, 9.17) is 11.5 Å². The Morgan fingerprint density at radius 1 is 1.38 bits per heavy atom. The molecule has 0 spiro atoms. The van der Waals surface area contributed by atoms with E-state index >= 15 is 0 Å². The average Bonchev–Trinajstić information content (AvgIpc) is 2.29. The van der Waals surface area contributed by atoms with Crippen LogP contribution in [0.15, 0.2) is 0 Å². The van der Waals surface area contributed by atoms with Gasteiger partial charge in [-0.15, -0.1) is 0 Å². The molecule has 0 aromatic carbocycles. The third-order valence-corrected chi connectivity index (χ3v) is 4.01. The summed E-state index contributed by atoms with van der Waals surface area (Å²) in [5.41, 5.74) is 11.3. The summed E-state index contributed by atoms with van der Waals surface area (Å²) >= 11 is 0. The Kier molecular flexibility index (Phi) is 4.74. The topological polar surface area (TPSA) is 72.3 Å². The number of nitrogens with two attached hydrogens (primary N) is 2. The van der Waals surface area contributed by atoms with E-state index in [1.807, 2.05) is 6.92 Å². The number of carbonyl (C=O) groups excluding carboxylic acids is 1. The van der Waals surface area contributed by atoms with Crippen molar-refractivity contribution in [1.82, 2.24) is 4.90 Å². The molecule has 1 amide bonds. The lowest BCUT2D eigenvalue weighted by Crippen LogP contribution is -2.55. The molecule has 16 heavy (non-hydrogen) atoms. The lowest BCUT2D eigenvalue weighted by atomic mass is 9.80. The number of nitrogens with zero attached hydrogens (tertiary/aromatic N) is 1. The first-order valence-corrected chi connectivity index (χ1v) is 6.22. The average molecular weight is 227 g/mol. The Labute approximate surface area is 98.3 Å². The molecular formula is C12H25N3O. The Balaban J connectivity index is 2.61. The smallest absolute Gasteiger partial charge is 0.221 e. The third-order valence-electron chi connectivity index (χ3n) is 4.01. The predicted octanol–water partition coefficient (Wildman–Crippen LogP) is 0.701. The second-order valence-electron chi connectivity index (χ2n) is 5.17. The number of carbonyl (C=O) groups is 1. The molecule has 1 fully saturated rings. The van der Waals surface area contributed by atoms with Crippen molar-refractivity contribution in [3.05, 3.63) is 0 Å². The van der Waals surface area contributed by atoms with Crippen LogP contribution in [0.25, 0.3) is 0 Å². The quantitative estimate of drug-likeness (QED) is 0.726. The van der Waals surface area contributed by atoms with Gasteiger partial charge in [-0.3, -0.25) is 9.69 Å². The second-order valence-corrected chi connectivity index (χ2v) is 5.17. The van der Waals surface area contributed by atoms with Crippen molar-refractivity contribution in [3.8, 4) is 0 Å². The summed E-state index contributed by atoms with van der Waals surface area (Å²) < 4.78 is 0. The zero-order valence-corrected chi connectivity index (χ0v) is 10.5. The van der Waals surface area contributed by atoms with Crippen LogP contribution >= 0.6 is 0 Å². The summed E-state index contributed by atoms with van der Waals surface area (Å²) in [6.07, 6.45) is 6.08. The normalized spacial score (nSPS) is 22.0. The Morgan fingerprint density at radius 2 is 1.94 bits per heavy atom. The zero-order chi connectivity index (χ0) is 12.2. The number of hydrogen-bond donors (Lipinski definition) is 2. The molecule has 1 atom stereocenters. The molecule has 0 aliphatic heterocycles. The van der Waals surface area contributed by atoms with Crippen LogP contribution in [0.2, 0.25) is 0 Å².